The van der Waals surface area contributed by atoms with Gasteiger partial charge in [-0.15, -0.1) is 0 Å². The molecule has 0 amide bonds. The van der Waals surface area contributed by atoms with Crippen molar-refractivity contribution >= 4 is 16.9 Å². The minimum atomic E-state index is -0.827. The monoisotopic (exact) mass is 282 g/mol. The number of aliphatic hydroxyl groups is 1. The van der Waals surface area contributed by atoms with Crippen molar-refractivity contribution in [2.24, 2.45) is 0 Å². The standard InChI is InChI=1S/C15H14N4O2/c20-13(12-6-3-7-15(21)19-12)8-17-14-9-16-10-4-1-2-5-11(10)18-14/h1-7,9,13,20H,8H2,(H,17,18)(H,19,21). The highest BCUT2D eigenvalue weighted by Gasteiger charge is 2.08. The minimum Gasteiger partial charge on any atom is -0.385 e. The molecule has 2 heterocycles. The molecule has 21 heavy (non-hydrogen) atoms. The van der Waals surface area contributed by atoms with Gasteiger partial charge in [0.1, 0.15) is 11.9 Å². The maximum absolute atomic E-state index is 11.2. The van der Waals surface area contributed by atoms with Gasteiger partial charge in [0.05, 0.1) is 17.2 Å². The predicted octanol–water partition coefficient (Wildman–Crippen LogP) is 1.46. The number of aromatic amines is 1. The zero-order chi connectivity index (χ0) is 14.7. The number of benzene rings is 1. The van der Waals surface area contributed by atoms with Gasteiger partial charge in [0, 0.05) is 18.3 Å². The molecule has 3 aromatic rings. The third kappa shape index (κ3) is 3.06. The summed E-state index contributed by atoms with van der Waals surface area (Å²) in [7, 11) is 0. The molecular formula is C15H14N4O2. The SMILES string of the molecule is O=c1cccc(C(O)CNc2cnc3ccccc3n2)[nH]1. The summed E-state index contributed by atoms with van der Waals surface area (Å²) in [6.07, 6.45) is 0.787. The Bertz CT molecular complexity index is 816. The van der Waals surface area contributed by atoms with E-state index >= 15 is 0 Å². The van der Waals surface area contributed by atoms with E-state index in [1.807, 2.05) is 24.3 Å². The fourth-order valence-corrected chi connectivity index (χ4v) is 2.01. The molecule has 0 aliphatic carbocycles. The van der Waals surface area contributed by atoms with E-state index in [2.05, 4.69) is 20.3 Å². The summed E-state index contributed by atoms with van der Waals surface area (Å²) in [5.41, 5.74) is 1.82. The van der Waals surface area contributed by atoms with Crippen molar-refractivity contribution < 1.29 is 5.11 Å². The van der Waals surface area contributed by atoms with Crippen LogP contribution in [0.25, 0.3) is 11.0 Å². The van der Waals surface area contributed by atoms with Crippen LogP contribution >= 0.6 is 0 Å². The Morgan fingerprint density at radius 1 is 1.14 bits per heavy atom. The molecule has 0 saturated carbocycles. The molecule has 1 atom stereocenters. The van der Waals surface area contributed by atoms with Crippen LogP contribution in [0.3, 0.4) is 0 Å². The highest BCUT2D eigenvalue weighted by Crippen LogP contribution is 2.13. The van der Waals surface area contributed by atoms with Gasteiger partial charge >= 0.3 is 0 Å². The molecule has 0 radical (unpaired) electrons. The Labute approximate surface area is 120 Å². The maximum Gasteiger partial charge on any atom is 0.248 e. The van der Waals surface area contributed by atoms with Crippen molar-refractivity contribution in [2.75, 3.05) is 11.9 Å². The summed E-state index contributed by atoms with van der Waals surface area (Å²) in [4.78, 5) is 22.5. The number of pyridine rings is 1. The first kappa shape index (κ1) is 13.3. The largest absolute Gasteiger partial charge is 0.385 e. The first-order valence-corrected chi connectivity index (χ1v) is 6.55. The van der Waals surface area contributed by atoms with Crippen LogP contribution in [0.15, 0.2) is 53.5 Å². The number of hydrogen-bond donors (Lipinski definition) is 3. The lowest BCUT2D eigenvalue weighted by Crippen LogP contribution is -2.17. The van der Waals surface area contributed by atoms with E-state index < -0.39 is 6.10 Å². The topological polar surface area (TPSA) is 90.9 Å². The highest BCUT2D eigenvalue weighted by molar-refractivity contribution is 5.75. The summed E-state index contributed by atoms with van der Waals surface area (Å²) in [6.45, 7) is 0.229. The zero-order valence-electron chi connectivity index (χ0n) is 11.2. The van der Waals surface area contributed by atoms with E-state index in [1.165, 1.54) is 6.07 Å². The number of fused-ring (bicyclic) bond motifs is 1. The number of rotatable bonds is 4. The molecule has 0 bridgehead atoms. The highest BCUT2D eigenvalue weighted by atomic mass is 16.3. The van der Waals surface area contributed by atoms with Crippen LogP contribution in [-0.2, 0) is 0 Å². The van der Waals surface area contributed by atoms with Gasteiger partial charge in [0.2, 0.25) is 5.56 Å². The van der Waals surface area contributed by atoms with E-state index in [9.17, 15) is 9.90 Å². The molecule has 0 spiro atoms. The van der Waals surface area contributed by atoms with Crippen LogP contribution in [0.4, 0.5) is 5.82 Å². The first-order valence-electron chi connectivity index (χ1n) is 6.55. The van der Waals surface area contributed by atoms with Crippen molar-refractivity contribution in [1.29, 1.82) is 0 Å². The van der Waals surface area contributed by atoms with Crippen LogP contribution in [0, 0.1) is 0 Å². The van der Waals surface area contributed by atoms with Crippen LogP contribution in [-0.4, -0.2) is 26.6 Å². The molecule has 2 aromatic heterocycles. The number of para-hydroxylation sites is 2. The van der Waals surface area contributed by atoms with Crippen molar-refractivity contribution in [2.45, 2.75) is 6.10 Å². The molecule has 0 aliphatic rings. The second-order valence-corrected chi connectivity index (χ2v) is 4.61. The minimum absolute atomic E-state index is 0.229. The number of H-pyrrole nitrogens is 1. The lowest BCUT2D eigenvalue weighted by atomic mass is 10.2. The molecule has 0 fully saturated rings. The molecule has 0 aliphatic heterocycles. The predicted molar refractivity (Wildman–Crippen MR) is 80.1 cm³/mol. The number of aromatic nitrogens is 3. The quantitative estimate of drug-likeness (QED) is 0.674. The van der Waals surface area contributed by atoms with Gasteiger partial charge in [-0.05, 0) is 18.2 Å². The average Bonchev–Trinajstić information content (AvgIpc) is 2.52. The van der Waals surface area contributed by atoms with Crippen molar-refractivity contribution in [3.8, 4) is 0 Å². The van der Waals surface area contributed by atoms with Gasteiger partial charge in [-0.1, -0.05) is 18.2 Å². The Morgan fingerprint density at radius 3 is 2.76 bits per heavy atom. The third-order valence-electron chi connectivity index (χ3n) is 3.08. The fourth-order valence-electron chi connectivity index (χ4n) is 2.01. The summed E-state index contributed by atoms with van der Waals surface area (Å²) in [6, 6.07) is 12.2. The Hall–Kier alpha value is -2.73. The second kappa shape index (κ2) is 5.72. The summed E-state index contributed by atoms with van der Waals surface area (Å²) >= 11 is 0. The summed E-state index contributed by atoms with van der Waals surface area (Å²) in [5, 5.41) is 13.0. The lowest BCUT2D eigenvalue weighted by molar-refractivity contribution is 0.186. The smallest absolute Gasteiger partial charge is 0.248 e. The molecule has 6 heteroatoms. The molecule has 106 valence electrons. The van der Waals surface area contributed by atoms with Gasteiger partial charge in [-0.3, -0.25) is 9.78 Å². The van der Waals surface area contributed by atoms with E-state index in [4.69, 9.17) is 0 Å². The van der Waals surface area contributed by atoms with E-state index in [-0.39, 0.29) is 12.1 Å². The van der Waals surface area contributed by atoms with E-state index in [1.54, 1.807) is 18.3 Å². The molecule has 6 nitrogen and oxygen atoms in total. The number of nitrogens with zero attached hydrogens (tertiary/aromatic N) is 2. The number of hydrogen-bond acceptors (Lipinski definition) is 5. The van der Waals surface area contributed by atoms with Crippen LogP contribution < -0.4 is 10.9 Å². The third-order valence-corrected chi connectivity index (χ3v) is 3.08. The van der Waals surface area contributed by atoms with Crippen LogP contribution in [0.1, 0.15) is 11.8 Å². The first-order chi connectivity index (χ1) is 10.2. The number of nitrogens with one attached hydrogen (secondary N) is 2. The van der Waals surface area contributed by atoms with E-state index in [0.29, 0.717) is 11.5 Å². The van der Waals surface area contributed by atoms with Crippen LogP contribution in [0.2, 0.25) is 0 Å². The zero-order valence-corrected chi connectivity index (χ0v) is 11.2. The van der Waals surface area contributed by atoms with Gasteiger partial charge in [0.25, 0.3) is 0 Å². The van der Waals surface area contributed by atoms with Crippen LogP contribution in [0.5, 0.6) is 0 Å². The fraction of sp³-hybridized carbons (Fsp3) is 0.133. The van der Waals surface area contributed by atoms with Gasteiger partial charge in [-0.2, -0.15) is 0 Å². The Kier molecular flexibility index (Phi) is 3.61. The van der Waals surface area contributed by atoms with Gasteiger partial charge < -0.3 is 15.4 Å². The Morgan fingerprint density at radius 2 is 1.95 bits per heavy atom. The van der Waals surface area contributed by atoms with Crippen molar-refractivity contribution in [1.82, 2.24) is 15.0 Å². The summed E-state index contributed by atoms with van der Waals surface area (Å²) < 4.78 is 0. The summed E-state index contributed by atoms with van der Waals surface area (Å²) in [5.74, 6) is 0.575. The van der Waals surface area contributed by atoms with Gasteiger partial charge in [0.15, 0.2) is 0 Å². The number of anilines is 1. The molecule has 1 unspecified atom stereocenters. The molecule has 3 rings (SSSR count). The molecular weight excluding hydrogens is 268 g/mol. The van der Waals surface area contributed by atoms with Crippen molar-refractivity contribution in [3.63, 3.8) is 0 Å². The Balaban J connectivity index is 1.72. The van der Waals surface area contributed by atoms with Gasteiger partial charge in [-0.25, -0.2) is 4.98 Å². The molecule has 3 N–H and O–H groups in total. The average molecular weight is 282 g/mol. The van der Waals surface area contributed by atoms with E-state index in [0.717, 1.165) is 11.0 Å². The van der Waals surface area contributed by atoms with Crippen molar-refractivity contribution in [3.05, 3.63) is 64.7 Å². The molecule has 1 aromatic carbocycles. The lowest BCUT2D eigenvalue weighted by Gasteiger charge is -2.12. The number of aliphatic hydroxyl groups excluding tert-OH is 1. The normalized spacial score (nSPS) is 12.2. The second-order valence-electron chi connectivity index (χ2n) is 4.61. The molecule has 0 saturated heterocycles. The maximum atomic E-state index is 11.2.